The Morgan fingerprint density at radius 3 is 2.51 bits per heavy atom. The molecule has 6 N–H and O–H groups in total. The van der Waals surface area contributed by atoms with Crippen LogP contribution in [0.1, 0.15) is 34.3 Å². The number of phenolic OH excluding ortho intramolecular Hbond substituents is 1. The number of ketones is 2. The maximum Gasteiger partial charge on any atom is 0.255 e. The van der Waals surface area contributed by atoms with Crippen molar-refractivity contribution in [3.05, 3.63) is 45.4 Å². The molecule has 1 heterocycles. The van der Waals surface area contributed by atoms with Gasteiger partial charge in [0.2, 0.25) is 5.78 Å². The van der Waals surface area contributed by atoms with Crippen LogP contribution in [-0.4, -0.2) is 107 Å². The highest BCUT2D eigenvalue weighted by Gasteiger charge is 2.63. The molecule has 12 heteroatoms. The topological polar surface area (TPSA) is 183 Å². The highest BCUT2D eigenvalue weighted by atomic mass is 16.5. The molecule has 3 aliphatic carbocycles. The fourth-order valence-corrected chi connectivity index (χ4v) is 7.26. The number of hydrogen-bond donors (Lipinski definition) is 5. The molecule has 1 amide bonds. The van der Waals surface area contributed by atoms with Crippen LogP contribution in [0.2, 0.25) is 0 Å². The number of aliphatic hydroxyl groups is 3. The summed E-state index contributed by atoms with van der Waals surface area (Å²) < 4.78 is 11.3. The highest BCUT2D eigenvalue weighted by Crippen LogP contribution is 2.53. The summed E-state index contributed by atoms with van der Waals surface area (Å²) in [6.45, 7) is 2.66. The molecule has 4 aliphatic rings. The van der Waals surface area contributed by atoms with E-state index in [9.17, 15) is 34.8 Å². The maximum atomic E-state index is 13.9. The Morgan fingerprint density at radius 2 is 1.93 bits per heavy atom. The number of nitrogens with zero attached hydrogens (tertiary/aromatic N) is 2. The number of primary amides is 1. The molecule has 1 aromatic carbocycles. The lowest BCUT2D eigenvalue weighted by molar-refractivity contribution is -0.148. The van der Waals surface area contributed by atoms with Gasteiger partial charge in [-0.1, -0.05) is 0 Å². The molecule has 0 bridgehead atoms. The number of methoxy groups -OCH3 is 1. The second-order valence-corrected chi connectivity index (χ2v) is 11.8. The molecule has 1 fully saturated rings. The number of likely N-dealkylation sites (N-methyl/N-ethyl adjacent to an activating group) is 1. The van der Waals surface area contributed by atoms with Gasteiger partial charge in [-0.3, -0.25) is 19.3 Å². The number of nitrogens with two attached hydrogens (primary N) is 1. The van der Waals surface area contributed by atoms with Crippen LogP contribution in [0, 0.1) is 17.8 Å². The summed E-state index contributed by atoms with van der Waals surface area (Å²) in [5.41, 5.74) is 2.76. The zero-order valence-corrected chi connectivity index (χ0v) is 23.6. The number of ether oxygens (including phenoxy) is 2. The molecule has 41 heavy (non-hydrogen) atoms. The summed E-state index contributed by atoms with van der Waals surface area (Å²) in [6.07, 6.45) is 1.15. The highest BCUT2D eigenvalue weighted by molar-refractivity contribution is 6.24. The Hall–Kier alpha value is -3.45. The van der Waals surface area contributed by atoms with Crippen LogP contribution in [0.5, 0.6) is 11.5 Å². The van der Waals surface area contributed by atoms with Crippen molar-refractivity contribution in [3.63, 3.8) is 0 Å². The lowest BCUT2D eigenvalue weighted by Gasteiger charge is -2.50. The zero-order chi connectivity index (χ0) is 30.0. The first-order valence-electron chi connectivity index (χ1n) is 13.7. The first kappa shape index (κ1) is 29.1. The molecule has 5 atom stereocenters. The molecule has 0 aromatic heterocycles. The number of carbonyl (C=O) groups is 3. The number of amides is 1. The van der Waals surface area contributed by atoms with Crippen molar-refractivity contribution in [2.75, 3.05) is 48.0 Å². The van der Waals surface area contributed by atoms with Gasteiger partial charge < -0.3 is 40.5 Å². The summed E-state index contributed by atoms with van der Waals surface area (Å²) in [7, 11) is 6.63. The second kappa shape index (κ2) is 10.4. The van der Waals surface area contributed by atoms with Crippen molar-refractivity contribution in [1.29, 1.82) is 0 Å². The van der Waals surface area contributed by atoms with Gasteiger partial charge in [0.15, 0.2) is 11.4 Å². The minimum atomic E-state index is -2.67. The number of benzene rings is 1. The number of Topliss-reactive ketones (excluding diaryl/α,β-unsaturated/α-hetero) is 2. The van der Waals surface area contributed by atoms with Crippen molar-refractivity contribution in [1.82, 2.24) is 9.80 Å². The fraction of sp³-hybridized carbons (Fsp3) is 0.552. The summed E-state index contributed by atoms with van der Waals surface area (Å²) in [5.74, 6) is -5.97. The normalized spacial score (nSPS) is 29.6. The van der Waals surface area contributed by atoms with Crippen LogP contribution < -0.4 is 10.5 Å². The summed E-state index contributed by atoms with van der Waals surface area (Å²) in [4.78, 5) is 43.0. The molecule has 1 saturated heterocycles. The average Bonchev–Trinajstić information content (AvgIpc) is 3.38. The fourth-order valence-electron chi connectivity index (χ4n) is 7.26. The number of carbonyl (C=O) groups excluding carboxylic acids is 3. The third-order valence-corrected chi connectivity index (χ3v) is 8.99. The quantitative estimate of drug-likeness (QED) is 0.289. The predicted molar refractivity (Wildman–Crippen MR) is 145 cm³/mol. The largest absolute Gasteiger partial charge is 0.510 e. The van der Waals surface area contributed by atoms with Crippen LogP contribution in [0.15, 0.2) is 28.7 Å². The van der Waals surface area contributed by atoms with Crippen molar-refractivity contribution in [2.24, 2.45) is 23.5 Å². The van der Waals surface area contributed by atoms with Gasteiger partial charge in [-0.25, -0.2) is 0 Å². The lowest BCUT2D eigenvalue weighted by atomic mass is 9.58. The van der Waals surface area contributed by atoms with E-state index in [1.54, 1.807) is 14.1 Å². The van der Waals surface area contributed by atoms with Crippen LogP contribution in [-0.2, 0) is 27.3 Å². The SMILES string of the molecule is COc1c(CN(C)CC2CCOC2)cc(O)c2c1C[C@H]1C[C@H]3[C@H](N(C)C)C(O)=C(C(N)=O)C(=O)[C@@]3(O)C(O)=C1C2=O. The molecule has 1 aliphatic heterocycles. The Kier molecular flexibility index (Phi) is 7.39. The minimum absolute atomic E-state index is 0.0154. The van der Waals surface area contributed by atoms with E-state index in [4.69, 9.17) is 15.2 Å². The second-order valence-electron chi connectivity index (χ2n) is 11.8. The van der Waals surface area contributed by atoms with E-state index in [0.29, 0.717) is 35.9 Å². The number of fused-ring (bicyclic) bond motifs is 3. The molecule has 1 aromatic rings. The third kappa shape index (κ3) is 4.40. The number of allylic oxidation sites excluding steroid dienone is 1. The molecule has 0 spiro atoms. The zero-order valence-electron chi connectivity index (χ0n) is 23.6. The van der Waals surface area contributed by atoms with Crippen LogP contribution >= 0.6 is 0 Å². The first-order valence-corrected chi connectivity index (χ1v) is 13.7. The first-order chi connectivity index (χ1) is 19.3. The van der Waals surface area contributed by atoms with E-state index in [0.717, 1.165) is 19.6 Å². The van der Waals surface area contributed by atoms with Gasteiger partial charge in [-0.2, -0.15) is 0 Å². The van der Waals surface area contributed by atoms with Crippen molar-refractivity contribution >= 4 is 17.5 Å². The van der Waals surface area contributed by atoms with E-state index in [1.165, 1.54) is 18.1 Å². The van der Waals surface area contributed by atoms with Crippen molar-refractivity contribution in [3.8, 4) is 11.5 Å². The molecule has 0 saturated carbocycles. The third-order valence-electron chi connectivity index (χ3n) is 8.99. The van der Waals surface area contributed by atoms with Gasteiger partial charge in [0.1, 0.15) is 28.6 Å². The number of aliphatic hydroxyl groups excluding tert-OH is 2. The van der Waals surface area contributed by atoms with Crippen LogP contribution in [0.3, 0.4) is 0 Å². The standard InChI is InChI=1S/C29H37N3O9/c1-31(2)22-17-8-14-7-16-20(18(33)9-15(25(16)40-4)11-32(3)10-13-5-6-41-12-13)23(34)19(14)26(36)29(17,39)27(37)21(24(22)35)28(30)38/h9,13-14,17,22,33,35-36,39H,5-8,10-12H2,1-4H3,(H2,30,38)/t13?,14-,17-,22-,29-/m0/s1. The van der Waals surface area contributed by atoms with Crippen LogP contribution in [0.4, 0.5) is 0 Å². The Bertz CT molecular complexity index is 1380. The Balaban J connectivity index is 1.59. The van der Waals surface area contributed by atoms with Gasteiger partial charge in [0.25, 0.3) is 5.91 Å². The lowest BCUT2D eigenvalue weighted by Crippen LogP contribution is -2.63. The maximum absolute atomic E-state index is 13.9. The smallest absolute Gasteiger partial charge is 0.255 e. The molecule has 0 radical (unpaired) electrons. The molecular weight excluding hydrogens is 534 g/mol. The van der Waals surface area contributed by atoms with E-state index in [1.807, 2.05) is 7.05 Å². The van der Waals surface area contributed by atoms with E-state index >= 15 is 0 Å². The summed E-state index contributed by atoms with van der Waals surface area (Å²) >= 11 is 0. The summed E-state index contributed by atoms with van der Waals surface area (Å²) in [5, 5.41) is 45.1. The number of aromatic hydroxyl groups is 1. The van der Waals surface area contributed by atoms with E-state index in [2.05, 4.69) is 4.90 Å². The predicted octanol–water partition coefficient (Wildman–Crippen LogP) is 0.598. The van der Waals surface area contributed by atoms with Gasteiger partial charge in [-0.15, -0.1) is 0 Å². The Labute approximate surface area is 237 Å². The van der Waals surface area contributed by atoms with Gasteiger partial charge in [-0.05, 0) is 58.3 Å². The van der Waals surface area contributed by atoms with Gasteiger partial charge in [0.05, 0.1) is 25.3 Å². The Morgan fingerprint density at radius 1 is 1.22 bits per heavy atom. The number of rotatable bonds is 7. The molecule has 5 rings (SSSR count). The summed E-state index contributed by atoms with van der Waals surface area (Å²) in [6, 6.07) is 0.421. The molecule has 12 nitrogen and oxygen atoms in total. The molecule has 1 unspecified atom stereocenters. The van der Waals surface area contributed by atoms with E-state index in [-0.39, 0.29) is 29.7 Å². The van der Waals surface area contributed by atoms with Gasteiger partial charge >= 0.3 is 0 Å². The average molecular weight is 572 g/mol. The molecule has 222 valence electrons. The minimum Gasteiger partial charge on any atom is -0.510 e. The van der Waals surface area contributed by atoms with Gasteiger partial charge in [0, 0.05) is 42.3 Å². The van der Waals surface area contributed by atoms with Crippen LogP contribution in [0.25, 0.3) is 0 Å². The van der Waals surface area contributed by atoms with Crippen molar-refractivity contribution < 1.29 is 44.3 Å². The van der Waals surface area contributed by atoms with E-state index < -0.39 is 58.0 Å². The monoisotopic (exact) mass is 571 g/mol. The number of hydrogen-bond acceptors (Lipinski definition) is 11. The molecular formula is C29H37N3O9. The number of phenols is 1. The van der Waals surface area contributed by atoms with Crippen molar-refractivity contribution in [2.45, 2.75) is 37.5 Å².